The van der Waals surface area contributed by atoms with Crippen LogP contribution in [0.15, 0.2) is 91.0 Å². The highest BCUT2D eigenvalue weighted by Gasteiger charge is 2.48. The average molecular weight is 388 g/mol. The first-order valence-electron chi connectivity index (χ1n) is 7.82. The molecule has 0 atom stereocenters. The Bertz CT molecular complexity index is 612. The summed E-state index contributed by atoms with van der Waals surface area (Å²) in [5.41, 5.74) is 0.555. The monoisotopic (exact) mass is 387 g/mol. The fraction of sp³-hybridized carbons (Fsp3) is 0.143. The van der Waals surface area contributed by atoms with Crippen LogP contribution in [0.2, 0.25) is 0 Å². The van der Waals surface area contributed by atoms with Crippen LogP contribution in [-0.4, -0.2) is 5.66 Å². The SMILES string of the molecule is [13CH3][13CH]([13CH3])[P+](c1ccccc1)(c1ccccc1)c1ccccc1.[Br-]. The molecule has 3 rings (SSSR count). The second kappa shape index (κ2) is 7.90. The van der Waals surface area contributed by atoms with E-state index in [9.17, 15) is 0 Å². The lowest BCUT2D eigenvalue weighted by Gasteiger charge is -2.31. The van der Waals surface area contributed by atoms with E-state index in [-0.39, 0.29) is 17.0 Å². The molecule has 2 heteroatoms. The lowest BCUT2D eigenvalue weighted by molar-refractivity contribution is -0.00000438. The molecule has 0 aliphatic rings. The summed E-state index contributed by atoms with van der Waals surface area (Å²) in [6.07, 6.45) is 0. The number of rotatable bonds is 4. The van der Waals surface area contributed by atoms with Gasteiger partial charge >= 0.3 is 0 Å². The van der Waals surface area contributed by atoms with Crippen LogP contribution in [0.3, 0.4) is 0 Å². The van der Waals surface area contributed by atoms with E-state index in [1.165, 1.54) is 15.9 Å². The molecule has 3 aromatic carbocycles. The van der Waals surface area contributed by atoms with Gasteiger partial charge in [0.25, 0.3) is 0 Å². The van der Waals surface area contributed by atoms with Crippen molar-refractivity contribution in [2.75, 3.05) is 0 Å². The summed E-state index contributed by atoms with van der Waals surface area (Å²) >= 11 is 0. The van der Waals surface area contributed by atoms with Gasteiger partial charge in [-0.3, -0.25) is 0 Å². The molecule has 118 valence electrons. The lowest BCUT2D eigenvalue weighted by atomic mass is 10.4. The van der Waals surface area contributed by atoms with Crippen molar-refractivity contribution in [2.24, 2.45) is 0 Å². The molecular weight excluding hydrogens is 366 g/mol. The van der Waals surface area contributed by atoms with Gasteiger partial charge in [-0.25, -0.2) is 0 Å². The Morgan fingerprint density at radius 3 is 1.00 bits per heavy atom. The smallest absolute Gasteiger partial charge is 0.114 e. The van der Waals surface area contributed by atoms with E-state index in [0.29, 0.717) is 5.66 Å². The summed E-state index contributed by atoms with van der Waals surface area (Å²) in [7, 11) is -1.63. The standard InChI is InChI=1S/C21H22P.BrH/c1-18(2)22(19-12-6-3-7-13-19,20-14-8-4-9-15-20)21-16-10-5-11-17-21;/h3-18H,1-2H3;1H/q+1;/p-1/i1+1,2+1,18+1;. The van der Waals surface area contributed by atoms with Crippen LogP contribution in [0.25, 0.3) is 0 Å². The molecule has 0 saturated heterocycles. The lowest BCUT2D eigenvalue weighted by Crippen LogP contribution is -3.00. The summed E-state index contributed by atoms with van der Waals surface area (Å²) in [4.78, 5) is 0. The van der Waals surface area contributed by atoms with Crippen molar-refractivity contribution < 1.29 is 17.0 Å². The van der Waals surface area contributed by atoms with Crippen LogP contribution in [0.5, 0.6) is 0 Å². The highest BCUT2D eigenvalue weighted by atomic mass is 79.9. The molecule has 0 heterocycles. The fourth-order valence-electron chi connectivity index (χ4n) is 3.33. The number of hydrogen-bond donors (Lipinski definition) is 0. The maximum Gasteiger partial charge on any atom is 0.114 e. The van der Waals surface area contributed by atoms with E-state index in [0.717, 1.165) is 0 Å². The summed E-state index contributed by atoms with van der Waals surface area (Å²) < 4.78 is 0. The first-order chi connectivity index (χ1) is 10.8. The van der Waals surface area contributed by atoms with E-state index in [1.807, 2.05) is 0 Å². The maximum absolute atomic E-state index is 2.36. The third-order valence-corrected chi connectivity index (χ3v) is 9.15. The van der Waals surface area contributed by atoms with Crippen LogP contribution < -0.4 is 32.9 Å². The number of halogens is 1. The van der Waals surface area contributed by atoms with Gasteiger partial charge < -0.3 is 17.0 Å². The topological polar surface area (TPSA) is 0 Å². The zero-order valence-electron chi connectivity index (χ0n) is 13.6. The first kappa shape index (κ1) is 17.9. The van der Waals surface area contributed by atoms with Gasteiger partial charge in [-0.05, 0) is 50.2 Å². The van der Waals surface area contributed by atoms with Gasteiger partial charge in [-0.1, -0.05) is 54.6 Å². The van der Waals surface area contributed by atoms with Crippen LogP contribution in [0, 0.1) is 0 Å². The normalized spacial score (nSPS) is 11.1. The molecule has 0 saturated carbocycles. The molecule has 0 N–H and O–H groups in total. The van der Waals surface area contributed by atoms with E-state index >= 15 is 0 Å². The fourth-order valence-corrected chi connectivity index (χ4v) is 7.94. The van der Waals surface area contributed by atoms with E-state index < -0.39 is 7.26 Å². The second-order valence-electron chi connectivity index (χ2n) is 5.82. The Labute approximate surface area is 150 Å². The Balaban J connectivity index is 0.00000192. The Hall–Kier alpha value is -1.43. The number of hydrogen-bond acceptors (Lipinski definition) is 0. The molecule has 0 aromatic heterocycles. The number of benzene rings is 3. The molecule has 0 spiro atoms. The third kappa shape index (κ3) is 3.27. The molecular formula is C21H22BrP. The largest absolute Gasteiger partial charge is 1.00 e. The van der Waals surface area contributed by atoms with Crippen molar-refractivity contribution >= 4 is 23.2 Å². The zero-order valence-corrected chi connectivity index (χ0v) is 16.0. The molecule has 0 unspecified atom stereocenters. The molecule has 0 radical (unpaired) electrons. The molecule has 0 aliphatic heterocycles. The van der Waals surface area contributed by atoms with Crippen molar-refractivity contribution in [1.29, 1.82) is 0 Å². The minimum atomic E-state index is -1.63. The van der Waals surface area contributed by atoms with Crippen molar-refractivity contribution in [3.8, 4) is 0 Å². The second-order valence-corrected chi connectivity index (χ2v) is 9.85. The van der Waals surface area contributed by atoms with Gasteiger partial charge in [-0.2, -0.15) is 0 Å². The minimum absolute atomic E-state index is 0. The van der Waals surface area contributed by atoms with Crippen LogP contribution in [-0.2, 0) is 0 Å². The van der Waals surface area contributed by atoms with Gasteiger partial charge in [0, 0.05) is 0 Å². The van der Waals surface area contributed by atoms with Crippen LogP contribution >= 0.6 is 7.26 Å². The first-order valence-corrected chi connectivity index (χ1v) is 9.67. The van der Waals surface area contributed by atoms with Crippen molar-refractivity contribution in [1.82, 2.24) is 0 Å². The quantitative estimate of drug-likeness (QED) is 0.468. The Morgan fingerprint density at radius 1 is 0.522 bits per heavy atom. The van der Waals surface area contributed by atoms with Gasteiger partial charge in [0.2, 0.25) is 0 Å². The predicted molar refractivity (Wildman–Crippen MR) is 100 cm³/mol. The summed E-state index contributed by atoms with van der Waals surface area (Å²) in [5, 5.41) is 4.38. The van der Waals surface area contributed by atoms with Crippen LogP contribution in [0.4, 0.5) is 0 Å². The van der Waals surface area contributed by atoms with E-state index in [4.69, 9.17) is 0 Å². The van der Waals surface area contributed by atoms with Gasteiger partial charge in [0.05, 0.1) is 5.66 Å². The average Bonchev–Trinajstić information content (AvgIpc) is 2.58. The molecule has 0 nitrogen and oxygen atoms in total. The summed E-state index contributed by atoms with van der Waals surface area (Å²) in [6, 6.07) is 33.1. The molecule has 23 heavy (non-hydrogen) atoms. The van der Waals surface area contributed by atoms with E-state index in [1.54, 1.807) is 0 Å². The Kier molecular flexibility index (Phi) is 6.16. The van der Waals surface area contributed by atoms with E-state index in [2.05, 4.69) is 105 Å². The van der Waals surface area contributed by atoms with Crippen LogP contribution in [0.1, 0.15) is 13.8 Å². The molecule has 0 bridgehead atoms. The summed E-state index contributed by atoms with van der Waals surface area (Å²) in [6.45, 7) is 4.72. The van der Waals surface area contributed by atoms with Crippen molar-refractivity contribution in [3.63, 3.8) is 0 Å². The van der Waals surface area contributed by atoms with Gasteiger partial charge in [0.15, 0.2) is 0 Å². The maximum atomic E-state index is 2.36. The highest BCUT2D eigenvalue weighted by Crippen LogP contribution is 2.59. The summed E-state index contributed by atoms with van der Waals surface area (Å²) in [5.74, 6) is 0. The van der Waals surface area contributed by atoms with Gasteiger partial charge in [0.1, 0.15) is 23.2 Å². The molecule has 0 aliphatic carbocycles. The zero-order chi connectivity index (χ0) is 15.4. The molecule has 0 amide bonds. The third-order valence-electron chi connectivity index (χ3n) is 4.26. The predicted octanol–water partition coefficient (Wildman–Crippen LogP) is 1.39. The minimum Gasteiger partial charge on any atom is -1.00 e. The highest BCUT2D eigenvalue weighted by molar-refractivity contribution is 7.96. The van der Waals surface area contributed by atoms with Crippen molar-refractivity contribution in [2.45, 2.75) is 19.5 Å². The van der Waals surface area contributed by atoms with Crippen molar-refractivity contribution in [3.05, 3.63) is 91.0 Å². The van der Waals surface area contributed by atoms with Gasteiger partial charge in [-0.15, -0.1) is 0 Å². The molecule has 0 fully saturated rings. The Morgan fingerprint density at radius 2 is 0.783 bits per heavy atom. The molecule has 3 aromatic rings.